The summed E-state index contributed by atoms with van der Waals surface area (Å²) in [5.74, 6) is -1.99. The van der Waals surface area contributed by atoms with Crippen LogP contribution in [-0.4, -0.2) is 40.8 Å². The number of nitrogens with zero attached hydrogens (tertiary/aromatic N) is 2. The van der Waals surface area contributed by atoms with Gasteiger partial charge in [-0.05, 0) is 12.1 Å². The molecule has 0 aromatic carbocycles. The molecule has 0 unspecified atom stereocenters. The summed E-state index contributed by atoms with van der Waals surface area (Å²) in [5.41, 5.74) is -1.59. The fourth-order valence-electron chi connectivity index (χ4n) is 1.80. The van der Waals surface area contributed by atoms with Gasteiger partial charge in [-0.3, -0.25) is 4.79 Å². The Balaban J connectivity index is 2.76. The van der Waals surface area contributed by atoms with Gasteiger partial charge in [-0.25, -0.2) is 14.6 Å². The van der Waals surface area contributed by atoms with Gasteiger partial charge >= 0.3 is 11.9 Å². The maximum Gasteiger partial charge on any atom is 0.343 e. The molecule has 22 heavy (non-hydrogen) atoms. The molecule has 0 aliphatic heterocycles. The minimum Gasteiger partial charge on any atom is -0.504 e. The number of pyridine rings is 2. The lowest BCUT2D eigenvalue weighted by Crippen LogP contribution is -2.26. The molecule has 1 N–H and O–H groups in total. The maximum atomic E-state index is 12.1. The molecule has 0 saturated heterocycles. The Morgan fingerprint density at radius 1 is 1.14 bits per heavy atom. The normalized spacial score (nSPS) is 10.1. The largest absolute Gasteiger partial charge is 0.504 e. The van der Waals surface area contributed by atoms with Gasteiger partial charge in [0.05, 0.1) is 14.2 Å². The van der Waals surface area contributed by atoms with E-state index in [-0.39, 0.29) is 22.7 Å². The second-order valence-corrected chi connectivity index (χ2v) is 4.15. The Morgan fingerprint density at radius 2 is 1.68 bits per heavy atom. The maximum absolute atomic E-state index is 12.1. The molecular weight excluding hydrogens is 292 g/mol. The topological polar surface area (TPSA) is 108 Å². The quantitative estimate of drug-likeness (QED) is 0.823. The SMILES string of the molecule is COC(=O)c1cn(-c2ncccc2O)cc(C(=O)OC)c1=O. The highest BCUT2D eigenvalue weighted by molar-refractivity contribution is 5.94. The van der Waals surface area contributed by atoms with Crippen molar-refractivity contribution in [3.63, 3.8) is 0 Å². The number of hydrogen-bond donors (Lipinski definition) is 1. The molecule has 2 aromatic heterocycles. The average Bonchev–Trinajstić information content (AvgIpc) is 2.54. The van der Waals surface area contributed by atoms with E-state index in [1.165, 1.54) is 22.9 Å². The van der Waals surface area contributed by atoms with Gasteiger partial charge in [0, 0.05) is 18.6 Å². The third kappa shape index (κ3) is 2.66. The van der Waals surface area contributed by atoms with Gasteiger partial charge in [0.15, 0.2) is 11.6 Å². The second kappa shape index (κ2) is 6.08. The lowest BCUT2D eigenvalue weighted by atomic mass is 10.2. The Kier molecular flexibility index (Phi) is 4.21. The van der Waals surface area contributed by atoms with Gasteiger partial charge in [-0.15, -0.1) is 0 Å². The van der Waals surface area contributed by atoms with Crippen LogP contribution in [0, 0.1) is 0 Å². The number of aromatic hydroxyl groups is 1. The first-order valence-corrected chi connectivity index (χ1v) is 6.07. The van der Waals surface area contributed by atoms with Crippen molar-refractivity contribution < 1.29 is 24.2 Å². The number of hydrogen-bond acceptors (Lipinski definition) is 7. The van der Waals surface area contributed by atoms with Crippen LogP contribution < -0.4 is 5.43 Å². The standard InChI is InChI=1S/C14H12N2O6/c1-21-13(19)8-6-16(12-10(17)4-3-5-15-12)7-9(11(8)18)14(20)22-2/h3-7,17H,1-2H3. The first-order valence-electron chi connectivity index (χ1n) is 6.07. The summed E-state index contributed by atoms with van der Waals surface area (Å²) >= 11 is 0. The second-order valence-electron chi connectivity index (χ2n) is 4.15. The number of ether oxygens (including phenoxy) is 2. The van der Waals surface area contributed by atoms with Crippen LogP contribution in [0.4, 0.5) is 0 Å². The third-order valence-electron chi connectivity index (χ3n) is 2.85. The van der Waals surface area contributed by atoms with E-state index >= 15 is 0 Å². The predicted molar refractivity (Wildman–Crippen MR) is 74.2 cm³/mol. The highest BCUT2D eigenvalue weighted by Gasteiger charge is 2.21. The van der Waals surface area contributed by atoms with Crippen LogP contribution in [0.15, 0.2) is 35.5 Å². The number of carbonyl (C=O) groups is 2. The number of carbonyl (C=O) groups excluding carboxylic acids is 2. The molecule has 0 aliphatic rings. The minimum absolute atomic E-state index is 0.0396. The molecule has 0 fully saturated rings. The first kappa shape index (κ1) is 15.2. The molecule has 2 aromatic rings. The summed E-state index contributed by atoms with van der Waals surface area (Å²) in [5, 5.41) is 9.81. The summed E-state index contributed by atoms with van der Waals surface area (Å²) in [4.78, 5) is 39.5. The van der Waals surface area contributed by atoms with Gasteiger partial charge in [-0.1, -0.05) is 0 Å². The summed E-state index contributed by atoms with van der Waals surface area (Å²) < 4.78 is 10.2. The van der Waals surface area contributed by atoms with E-state index < -0.39 is 17.4 Å². The Labute approximate surface area is 124 Å². The fraction of sp³-hybridized carbons (Fsp3) is 0.143. The van der Waals surface area contributed by atoms with Crippen molar-refractivity contribution in [1.29, 1.82) is 0 Å². The van der Waals surface area contributed by atoms with E-state index in [0.717, 1.165) is 26.6 Å². The van der Waals surface area contributed by atoms with E-state index in [4.69, 9.17) is 0 Å². The Morgan fingerprint density at radius 3 is 2.14 bits per heavy atom. The summed E-state index contributed by atoms with van der Waals surface area (Å²) in [6.45, 7) is 0. The first-order chi connectivity index (χ1) is 10.5. The number of esters is 2. The Hall–Kier alpha value is -3.16. The smallest absolute Gasteiger partial charge is 0.343 e. The molecule has 0 spiro atoms. The third-order valence-corrected chi connectivity index (χ3v) is 2.85. The van der Waals surface area contributed by atoms with Crippen LogP contribution in [0.5, 0.6) is 5.75 Å². The van der Waals surface area contributed by atoms with Crippen molar-refractivity contribution in [2.24, 2.45) is 0 Å². The van der Waals surface area contributed by atoms with E-state index in [1.807, 2.05) is 0 Å². The highest BCUT2D eigenvalue weighted by atomic mass is 16.5. The van der Waals surface area contributed by atoms with Crippen LogP contribution in [0.1, 0.15) is 20.7 Å². The fourth-order valence-corrected chi connectivity index (χ4v) is 1.80. The molecule has 8 nitrogen and oxygen atoms in total. The monoisotopic (exact) mass is 304 g/mol. The average molecular weight is 304 g/mol. The zero-order chi connectivity index (χ0) is 16.3. The molecular formula is C14H12N2O6. The van der Waals surface area contributed by atoms with E-state index in [2.05, 4.69) is 14.5 Å². The van der Waals surface area contributed by atoms with Crippen molar-refractivity contribution in [1.82, 2.24) is 9.55 Å². The highest BCUT2D eigenvalue weighted by Crippen LogP contribution is 2.18. The number of methoxy groups -OCH3 is 2. The van der Waals surface area contributed by atoms with Gasteiger partial charge in [-0.2, -0.15) is 0 Å². The Bertz CT molecular complexity index is 756. The van der Waals surface area contributed by atoms with Crippen LogP contribution in [0.3, 0.4) is 0 Å². The van der Waals surface area contributed by atoms with Crippen LogP contribution >= 0.6 is 0 Å². The van der Waals surface area contributed by atoms with Gasteiger partial charge in [0.25, 0.3) is 0 Å². The van der Waals surface area contributed by atoms with Crippen molar-refractivity contribution in [3.05, 3.63) is 52.1 Å². The molecule has 2 rings (SSSR count). The molecule has 114 valence electrons. The van der Waals surface area contributed by atoms with Gasteiger partial charge in [0.1, 0.15) is 11.1 Å². The molecule has 8 heteroatoms. The minimum atomic E-state index is -0.917. The zero-order valence-corrected chi connectivity index (χ0v) is 11.8. The molecule has 0 aliphatic carbocycles. The molecule has 0 radical (unpaired) electrons. The van der Waals surface area contributed by atoms with Crippen LogP contribution in [0.25, 0.3) is 5.82 Å². The summed E-state index contributed by atoms with van der Waals surface area (Å²) in [6.07, 6.45) is 3.66. The molecule has 0 atom stereocenters. The number of rotatable bonds is 3. The van der Waals surface area contributed by atoms with Crippen molar-refractivity contribution in [2.45, 2.75) is 0 Å². The van der Waals surface area contributed by atoms with Gasteiger partial charge in [0.2, 0.25) is 5.43 Å². The summed E-state index contributed by atoms with van der Waals surface area (Å²) in [6, 6.07) is 2.87. The van der Waals surface area contributed by atoms with Crippen LogP contribution in [0.2, 0.25) is 0 Å². The molecule has 0 amide bonds. The lowest BCUT2D eigenvalue weighted by molar-refractivity contribution is 0.0594. The molecule has 0 bridgehead atoms. The van der Waals surface area contributed by atoms with Crippen molar-refractivity contribution in [2.75, 3.05) is 14.2 Å². The summed E-state index contributed by atoms with van der Waals surface area (Å²) in [7, 11) is 2.21. The molecule has 0 saturated carbocycles. The predicted octanol–water partition coefficient (Wildman–Crippen LogP) is 0.511. The van der Waals surface area contributed by atoms with E-state index in [9.17, 15) is 19.5 Å². The van der Waals surface area contributed by atoms with Gasteiger partial charge < -0.3 is 19.1 Å². The van der Waals surface area contributed by atoms with Crippen molar-refractivity contribution in [3.8, 4) is 11.6 Å². The lowest BCUT2D eigenvalue weighted by Gasteiger charge is -2.10. The zero-order valence-electron chi connectivity index (χ0n) is 11.8. The van der Waals surface area contributed by atoms with E-state index in [0.29, 0.717) is 0 Å². The van der Waals surface area contributed by atoms with E-state index in [1.54, 1.807) is 0 Å². The molecule has 2 heterocycles. The number of aromatic nitrogens is 2. The van der Waals surface area contributed by atoms with Crippen molar-refractivity contribution >= 4 is 11.9 Å². The van der Waals surface area contributed by atoms with Crippen LogP contribution in [-0.2, 0) is 9.47 Å².